The molecule has 2 aliphatic heterocycles. The van der Waals surface area contributed by atoms with Crippen molar-refractivity contribution < 1.29 is 18.9 Å². The number of nitrogens with zero attached hydrogens (tertiary/aromatic N) is 2. The first-order valence-corrected chi connectivity index (χ1v) is 9.78. The van der Waals surface area contributed by atoms with Gasteiger partial charge in [0.25, 0.3) is 0 Å². The topological polar surface area (TPSA) is 105 Å². The predicted octanol–water partition coefficient (Wildman–Crippen LogP) is 0.949. The Labute approximate surface area is 168 Å². The van der Waals surface area contributed by atoms with Crippen molar-refractivity contribution in [2.24, 2.45) is 5.41 Å². The quantitative estimate of drug-likeness (QED) is 0.757. The van der Waals surface area contributed by atoms with Gasteiger partial charge in [0.15, 0.2) is 5.76 Å². The first-order valence-electron chi connectivity index (χ1n) is 9.78. The van der Waals surface area contributed by atoms with Crippen LogP contribution in [0.15, 0.2) is 40.9 Å². The molecule has 3 heterocycles. The smallest absolute Gasteiger partial charge is 0.245 e. The Morgan fingerprint density at radius 2 is 2.07 bits per heavy atom. The van der Waals surface area contributed by atoms with E-state index in [0.29, 0.717) is 38.1 Å². The number of likely N-dealkylation sites (tertiary alicyclic amines) is 1. The van der Waals surface area contributed by atoms with Crippen molar-refractivity contribution in [2.45, 2.75) is 38.8 Å². The van der Waals surface area contributed by atoms with Crippen LogP contribution in [0.2, 0.25) is 0 Å². The summed E-state index contributed by atoms with van der Waals surface area (Å²) in [7, 11) is 0. The summed E-state index contributed by atoms with van der Waals surface area (Å²) in [6.45, 7) is 2.73. The molecular weight excluding hydrogens is 372 g/mol. The highest BCUT2D eigenvalue weighted by molar-refractivity contribution is 5.93. The summed E-state index contributed by atoms with van der Waals surface area (Å²) < 4.78 is 5.16. The number of nitrogens with one attached hydrogen (secondary N) is 2. The van der Waals surface area contributed by atoms with Crippen molar-refractivity contribution >= 4 is 17.7 Å². The second-order valence-electron chi connectivity index (χ2n) is 7.91. The number of benzene rings is 1. The fourth-order valence-electron chi connectivity index (χ4n) is 4.04. The van der Waals surface area contributed by atoms with Crippen molar-refractivity contribution in [1.82, 2.24) is 20.7 Å². The summed E-state index contributed by atoms with van der Waals surface area (Å²) in [6, 6.07) is 11.1. The molecule has 2 aromatic rings. The minimum Gasteiger partial charge on any atom is -0.359 e. The normalized spacial score (nSPS) is 20.1. The molecule has 1 aromatic heterocycles. The number of hydrogen-bond donors (Lipinski definition) is 2. The van der Waals surface area contributed by atoms with E-state index in [1.54, 1.807) is 11.0 Å². The fourth-order valence-corrected chi connectivity index (χ4v) is 4.04. The molecule has 2 aliphatic rings. The van der Waals surface area contributed by atoms with E-state index in [1.807, 2.05) is 37.3 Å². The van der Waals surface area contributed by atoms with Gasteiger partial charge < -0.3 is 20.1 Å². The molecule has 4 rings (SSSR count). The predicted molar refractivity (Wildman–Crippen MR) is 103 cm³/mol. The number of amides is 3. The molecular formula is C21H24N4O4. The van der Waals surface area contributed by atoms with Crippen LogP contribution in [0, 0.1) is 12.3 Å². The molecule has 0 bridgehead atoms. The Morgan fingerprint density at radius 3 is 2.69 bits per heavy atom. The second kappa shape index (κ2) is 7.69. The zero-order chi connectivity index (χ0) is 20.4. The Morgan fingerprint density at radius 1 is 1.31 bits per heavy atom. The average Bonchev–Trinajstić information content (AvgIpc) is 3.31. The lowest BCUT2D eigenvalue weighted by Crippen LogP contribution is -2.67. The molecule has 3 amide bonds. The van der Waals surface area contributed by atoms with Gasteiger partial charge in [-0.2, -0.15) is 0 Å². The summed E-state index contributed by atoms with van der Waals surface area (Å²) in [5, 5.41) is 9.47. The summed E-state index contributed by atoms with van der Waals surface area (Å²) in [4.78, 5) is 38.9. The summed E-state index contributed by atoms with van der Waals surface area (Å²) in [6.07, 6.45) is 1.42. The van der Waals surface area contributed by atoms with Gasteiger partial charge in [0.1, 0.15) is 6.04 Å². The third-order valence-electron chi connectivity index (χ3n) is 5.56. The molecule has 152 valence electrons. The summed E-state index contributed by atoms with van der Waals surface area (Å²) in [5.74, 6) is 0.263. The first kappa shape index (κ1) is 19.2. The first-order chi connectivity index (χ1) is 13.9. The van der Waals surface area contributed by atoms with Crippen LogP contribution >= 0.6 is 0 Å². The van der Waals surface area contributed by atoms with Crippen LogP contribution in [0.1, 0.15) is 29.9 Å². The van der Waals surface area contributed by atoms with Gasteiger partial charge in [0, 0.05) is 25.6 Å². The molecule has 1 aromatic carbocycles. The minimum absolute atomic E-state index is 0.0977. The van der Waals surface area contributed by atoms with Crippen LogP contribution in [0.3, 0.4) is 0 Å². The molecule has 0 spiro atoms. The van der Waals surface area contributed by atoms with Gasteiger partial charge in [-0.25, -0.2) is 0 Å². The summed E-state index contributed by atoms with van der Waals surface area (Å²) in [5.41, 5.74) is 1.10. The molecule has 8 heteroatoms. The Bertz CT molecular complexity index is 918. The number of aromatic nitrogens is 1. The van der Waals surface area contributed by atoms with Crippen LogP contribution in [0.4, 0.5) is 0 Å². The molecule has 0 saturated carbocycles. The van der Waals surface area contributed by atoms with Crippen LogP contribution in [0.5, 0.6) is 0 Å². The van der Waals surface area contributed by atoms with Crippen LogP contribution < -0.4 is 10.6 Å². The standard InChI is InChI=1S/C21H24N4O4/c1-14-9-16(29-24-14)11-22-20(28)21(10-15-5-3-2-4-6-15)12-25(13-21)19(27)17-7-8-18(26)23-17/h2-6,9,17H,7-8,10-13H2,1H3,(H,22,28)(H,23,26). The lowest BCUT2D eigenvalue weighted by atomic mass is 9.73. The number of carbonyl (C=O) groups is 3. The van der Waals surface area contributed by atoms with Crippen molar-refractivity contribution in [1.29, 1.82) is 0 Å². The van der Waals surface area contributed by atoms with Gasteiger partial charge in [0.05, 0.1) is 17.7 Å². The van der Waals surface area contributed by atoms with Crippen molar-refractivity contribution in [3.63, 3.8) is 0 Å². The molecule has 8 nitrogen and oxygen atoms in total. The van der Waals surface area contributed by atoms with Crippen molar-refractivity contribution in [3.8, 4) is 0 Å². The minimum atomic E-state index is -0.700. The maximum absolute atomic E-state index is 13.1. The van der Waals surface area contributed by atoms with E-state index in [0.717, 1.165) is 11.3 Å². The molecule has 2 N–H and O–H groups in total. The lowest BCUT2D eigenvalue weighted by Gasteiger charge is -2.49. The van der Waals surface area contributed by atoms with E-state index in [4.69, 9.17) is 4.52 Å². The van der Waals surface area contributed by atoms with Crippen LogP contribution in [-0.2, 0) is 27.3 Å². The van der Waals surface area contributed by atoms with Gasteiger partial charge in [-0.1, -0.05) is 35.5 Å². The van der Waals surface area contributed by atoms with E-state index in [-0.39, 0.29) is 24.3 Å². The van der Waals surface area contributed by atoms with E-state index in [9.17, 15) is 14.4 Å². The maximum atomic E-state index is 13.1. The zero-order valence-electron chi connectivity index (χ0n) is 16.3. The molecule has 1 unspecified atom stereocenters. The average molecular weight is 396 g/mol. The Kier molecular flexibility index (Phi) is 5.08. The van der Waals surface area contributed by atoms with Crippen LogP contribution in [-0.4, -0.2) is 46.9 Å². The number of rotatable bonds is 6. The third-order valence-corrected chi connectivity index (χ3v) is 5.56. The molecule has 0 radical (unpaired) electrons. The van der Waals surface area contributed by atoms with E-state index >= 15 is 0 Å². The molecule has 29 heavy (non-hydrogen) atoms. The Balaban J connectivity index is 1.44. The van der Waals surface area contributed by atoms with E-state index in [1.165, 1.54) is 0 Å². The van der Waals surface area contributed by atoms with Crippen molar-refractivity contribution in [3.05, 3.63) is 53.4 Å². The maximum Gasteiger partial charge on any atom is 0.245 e. The summed E-state index contributed by atoms with van der Waals surface area (Å²) >= 11 is 0. The molecule has 2 saturated heterocycles. The largest absolute Gasteiger partial charge is 0.359 e. The molecule has 1 atom stereocenters. The van der Waals surface area contributed by atoms with Crippen LogP contribution in [0.25, 0.3) is 0 Å². The number of hydrogen-bond acceptors (Lipinski definition) is 5. The van der Waals surface area contributed by atoms with Gasteiger partial charge >= 0.3 is 0 Å². The molecule has 2 fully saturated rings. The van der Waals surface area contributed by atoms with Gasteiger partial charge in [-0.15, -0.1) is 0 Å². The number of aryl methyl sites for hydroxylation is 1. The highest BCUT2D eigenvalue weighted by Gasteiger charge is 2.52. The van der Waals surface area contributed by atoms with E-state index < -0.39 is 11.5 Å². The third kappa shape index (κ3) is 4.01. The van der Waals surface area contributed by atoms with Gasteiger partial charge in [0.2, 0.25) is 17.7 Å². The molecule has 0 aliphatic carbocycles. The number of carbonyl (C=O) groups excluding carboxylic acids is 3. The van der Waals surface area contributed by atoms with Crippen molar-refractivity contribution in [2.75, 3.05) is 13.1 Å². The van der Waals surface area contributed by atoms with E-state index in [2.05, 4.69) is 15.8 Å². The SMILES string of the molecule is Cc1cc(CNC(=O)C2(Cc3ccccc3)CN(C(=O)C3CCC(=O)N3)C2)on1. The Hall–Kier alpha value is -3.16. The van der Waals surface area contributed by atoms with Gasteiger partial charge in [-0.3, -0.25) is 14.4 Å². The fraction of sp³-hybridized carbons (Fsp3) is 0.429. The zero-order valence-corrected chi connectivity index (χ0v) is 16.3. The second-order valence-corrected chi connectivity index (χ2v) is 7.91. The lowest BCUT2D eigenvalue weighted by molar-refractivity contribution is -0.155. The monoisotopic (exact) mass is 396 g/mol. The van der Waals surface area contributed by atoms with Gasteiger partial charge in [-0.05, 0) is 25.3 Å². The highest BCUT2D eigenvalue weighted by Crippen LogP contribution is 2.35. The highest BCUT2D eigenvalue weighted by atomic mass is 16.5.